The predicted octanol–water partition coefficient (Wildman–Crippen LogP) is -0.0960. The van der Waals surface area contributed by atoms with Gasteiger partial charge in [-0.3, -0.25) is 10.1 Å². The first-order valence-corrected chi connectivity index (χ1v) is 4.70. The van der Waals surface area contributed by atoms with E-state index in [0.717, 1.165) is 0 Å². The number of rotatable bonds is 3. The molecule has 0 aliphatic heterocycles. The average Bonchev–Trinajstić information content (AvgIpc) is 2.81. The molecule has 2 heterocycles. The minimum Gasteiger partial charge on any atom is -0.481 e. The van der Waals surface area contributed by atoms with E-state index in [4.69, 9.17) is 16.3 Å². The molecular formula is C7H6ClN7O2. The van der Waals surface area contributed by atoms with Crippen molar-refractivity contribution in [1.82, 2.24) is 30.6 Å². The van der Waals surface area contributed by atoms with Crippen LogP contribution in [0.1, 0.15) is 10.6 Å². The van der Waals surface area contributed by atoms with E-state index in [1.807, 2.05) is 0 Å². The number of nitrogens with zero attached hydrogens (tertiary/aromatic N) is 5. The van der Waals surface area contributed by atoms with Gasteiger partial charge in [0.1, 0.15) is 5.15 Å². The Morgan fingerprint density at radius 2 is 2.35 bits per heavy atom. The van der Waals surface area contributed by atoms with Crippen LogP contribution in [-0.2, 0) is 0 Å². The first-order valence-electron chi connectivity index (χ1n) is 4.32. The number of hydrogen-bond donors (Lipinski definition) is 2. The summed E-state index contributed by atoms with van der Waals surface area (Å²) in [5.41, 5.74) is 0. The van der Waals surface area contributed by atoms with E-state index in [1.54, 1.807) is 0 Å². The zero-order valence-corrected chi connectivity index (χ0v) is 9.26. The molecule has 0 aliphatic carbocycles. The Balaban J connectivity index is 2.18. The van der Waals surface area contributed by atoms with Gasteiger partial charge in [-0.05, 0) is 5.21 Å². The molecule has 9 nitrogen and oxygen atoms in total. The molecular weight excluding hydrogens is 250 g/mol. The first-order chi connectivity index (χ1) is 8.19. The largest absolute Gasteiger partial charge is 0.481 e. The number of carbonyl (C=O) groups excluding carboxylic acids is 1. The van der Waals surface area contributed by atoms with Crippen molar-refractivity contribution in [3.8, 4) is 5.88 Å². The third-order valence-electron chi connectivity index (χ3n) is 1.65. The second-order valence-electron chi connectivity index (χ2n) is 2.75. The van der Waals surface area contributed by atoms with Crippen LogP contribution in [0.15, 0.2) is 6.07 Å². The number of hydrogen-bond acceptors (Lipinski definition) is 7. The quantitative estimate of drug-likeness (QED) is 0.735. The Kier molecular flexibility index (Phi) is 3.10. The van der Waals surface area contributed by atoms with Crippen LogP contribution in [0.25, 0.3) is 0 Å². The Morgan fingerprint density at radius 1 is 1.53 bits per heavy atom. The Hall–Kier alpha value is -2.29. The van der Waals surface area contributed by atoms with Crippen LogP contribution in [0.2, 0.25) is 5.15 Å². The second-order valence-corrected chi connectivity index (χ2v) is 3.13. The monoisotopic (exact) mass is 255 g/mol. The van der Waals surface area contributed by atoms with Gasteiger partial charge < -0.3 is 4.74 Å². The van der Waals surface area contributed by atoms with Crippen LogP contribution in [0.3, 0.4) is 0 Å². The van der Waals surface area contributed by atoms with Crippen molar-refractivity contribution < 1.29 is 9.53 Å². The molecule has 10 heteroatoms. The molecule has 0 saturated heterocycles. The van der Waals surface area contributed by atoms with Gasteiger partial charge >= 0.3 is 0 Å². The number of carbonyl (C=O) groups is 1. The molecule has 1 amide bonds. The van der Waals surface area contributed by atoms with Gasteiger partial charge in [0, 0.05) is 6.07 Å². The molecule has 88 valence electrons. The summed E-state index contributed by atoms with van der Waals surface area (Å²) in [7, 11) is 1.42. The van der Waals surface area contributed by atoms with E-state index >= 15 is 0 Å². The van der Waals surface area contributed by atoms with E-state index < -0.39 is 5.91 Å². The van der Waals surface area contributed by atoms with Gasteiger partial charge in [0.25, 0.3) is 11.7 Å². The van der Waals surface area contributed by atoms with Crippen LogP contribution in [0, 0.1) is 0 Å². The van der Waals surface area contributed by atoms with Crippen molar-refractivity contribution in [2.75, 3.05) is 12.4 Å². The minimum atomic E-state index is -0.608. The molecule has 0 radical (unpaired) electrons. The molecule has 0 atom stereocenters. The molecule has 0 spiro atoms. The van der Waals surface area contributed by atoms with E-state index in [0.29, 0.717) is 0 Å². The van der Waals surface area contributed by atoms with Gasteiger partial charge in [0.05, 0.1) is 7.11 Å². The molecule has 0 bridgehead atoms. The summed E-state index contributed by atoms with van der Waals surface area (Å²) in [4.78, 5) is 19.2. The van der Waals surface area contributed by atoms with Gasteiger partial charge in [0.15, 0.2) is 0 Å². The van der Waals surface area contributed by atoms with Crippen LogP contribution in [0.4, 0.5) is 5.95 Å². The number of nitrogens with one attached hydrogen (secondary N) is 2. The highest BCUT2D eigenvalue weighted by Crippen LogP contribution is 2.15. The second kappa shape index (κ2) is 4.70. The maximum Gasteiger partial charge on any atom is 0.299 e. The van der Waals surface area contributed by atoms with Gasteiger partial charge in [-0.1, -0.05) is 11.6 Å². The summed E-state index contributed by atoms with van der Waals surface area (Å²) in [5, 5.41) is 14.9. The maximum absolute atomic E-state index is 11.5. The fraction of sp³-hybridized carbons (Fsp3) is 0.143. The summed E-state index contributed by atoms with van der Waals surface area (Å²) in [6, 6.07) is 1.41. The lowest BCUT2D eigenvalue weighted by molar-refractivity contribution is 0.101. The molecule has 0 aliphatic rings. The number of H-pyrrole nitrogens is 1. The van der Waals surface area contributed by atoms with Gasteiger partial charge in [-0.15, -0.1) is 10.2 Å². The lowest BCUT2D eigenvalue weighted by Gasteiger charge is -2.03. The normalized spacial score (nSPS) is 10.0. The van der Waals surface area contributed by atoms with Crippen molar-refractivity contribution in [1.29, 1.82) is 0 Å². The van der Waals surface area contributed by atoms with E-state index in [9.17, 15) is 4.79 Å². The number of halogens is 1. The number of aromatic nitrogens is 6. The van der Waals surface area contributed by atoms with E-state index in [-0.39, 0.29) is 22.8 Å². The smallest absolute Gasteiger partial charge is 0.299 e. The highest BCUT2D eigenvalue weighted by atomic mass is 35.5. The summed E-state index contributed by atoms with van der Waals surface area (Å²) < 4.78 is 4.87. The highest BCUT2D eigenvalue weighted by molar-refractivity contribution is 6.29. The first kappa shape index (κ1) is 11.2. The topological polar surface area (TPSA) is 119 Å². The SMILES string of the molecule is COc1cc(Cl)nc(NC(=O)c2nn[nH]n2)n1. The number of methoxy groups -OCH3 is 1. The van der Waals surface area contributed by atoms with Crippen molar-refractivity contribution in [2.45, 2.75) is 0 Å². The van der Waals surface area contributed by atoms with Crippen LogP contribution in [-0.4, -0.2) is 43.6 Å². The van der Waals surface area contributed by atoms with E-state index in [1.165, 1.54) is 13.2 Å². The molecule has 2 rings (SSSR count). The van der Waals surface area contributed by atoms with Crippen molar-refractivity contribution in [3.05, 3.63) is 17.0 Å². The number of amides is 1. The minimum absolute atomic E-state index is 0.0100. The third kappa shape index (κ3) is 2.64. The van der Waals surface area contributed by atoms with Gasteiger partial charge in [-0.2, -0.15) is 10.2 Å². The van der Waals surface area contributed by atoms with Crippen LogP contribution >= 0.6 is 11.6 Å². The Labute approximate surface area is 99.6 Å². The molecule has 2 aromatic heterocycles. The zero-order chi connectivity index (χ0) is 12.3. The summed E-state index contributed by atoms with van der Waals surface area (Å²) >= 11 is 5.70. The number of tetrazole rings is 1. The predicted molar refractivity (Wildman–Crippen MR) is 55.7 cm³/mol. The molecule has 2 N–H and O–H groups in total. The van der Waals surface area contributed by atoms with Crippen molar-refractivity contribution in [3.63, 3.8) is 0 Å². The number of ether oxygens (including phenoxy) is 1. The van der Waals surface area contributed by atoms with Crippen molar-refractivity contribution >= 4 is 23.5 Å². The lowest BCUT2D eigenvalue weighted by Crippen LogP contribution is -2.16. The molecule has 17 heavy (non-hydrogen) atoms. The van der Waals surface area contributed by atoms with Gasteiger partial charge in [0.2, 0.25) is 11.8 Å². The molecule has 2 aromatic rings. The summed E-state index contributed by atoms with van der Waals surface area (Å²) in [6.45, 7) is 0. The summed E-state index contributed by atoms with van der Waals surface area (Å²) in [6.07, 6.45) is 0. The third-order valence-corrected chi connectivity index (χ3v) is 1.85. The standard InChI is InChI=1S/C7H6ClN7O2/c1-17-4-2-3(8)9-7(10-4)11-6(16)5-12-14-15-13-5/h2H,1H3,(H,9,10,11,16)(H,12,13,14,15). The molecule has 0 unspecified atom stereocenters. The van der Waals surface area contributed by atoms with E-state index in [2.05, 4.69) is 35.9 Å². The highest BCUT2D eigenvalue weighted by Gasteiger charge is 2.13. The van der Waals surface area contributed by atoms with Crippen LogP contribution < -0.4 is 10.1 Å². The van der Waals surface area contributed by atoms with Gasteiger partial charge in [-0.25, -0.2) is 4.98 Å². The average molecular weight is 256 g/mol. The Morgan fingerprint density at radius 3 is 3.00 bits per heavy atom. The van der Waals surface area contributed by atoms with Crippen molar-refractivity contribution in [2.24, 2.45) is 0 Å². The zero-order valence-electron chi connectivity index (χ0n) is 8.51. The fourth-order valence-corrected chi connectivity index (χ4v) is 1.15. The molecule has 0 aromatic carbocycles. The molecule has 0 saturated carbocycles. The van der Waals surface area contributed by atoms with Crippen LogP contribution in [0.5, 0.6) is 5.88 Å². The maximum atomic E-state index is 11.5. The number of anilines is 1. The Bertz CT molecular complexity index is 529. The fourth-order valence-electron chi connectivity index (χ4n) is 0.973. The number of aromatic amines is 1. The molecule has 0 fully saturated rings. The summed E-state index contributed by atoms with van der Waals surface area (Å²) in [5.74, 6) is -0.520. The lowest BCUT2D eigenvalue weighted by atomic mass is 10.5.